The lowest BCUT2D eigenvalue weighted by atomic mass is 10.3. The van der Waals surface area contributed by atoms with E-state index in [4.69, 9.17) is 16.3 Å². The maximum absolute atomic E-state index is 11.2. The molecule has 0 N–H and O–H groups in total. The molecule has 1 heterocycles. The summed E-state index contributed by atoms with van der Waals surface area (Å²) in [6.45, 7) is 3.86. The molecule has 0 aliphatic carbocycles. The highest BCUT2D eigenvalue weighted by Gasteiger charge is 2.08. The van der Waals surface area contributed by atoms with Crippen molar-refractivity contribution in [3.05, 3.63) is 28.5 Å². The molecule has 0 radical (unpaired) electrons. The molecular formula is C9H10ClNO2. The largest absolute Gasteiger partial charge is 0.461 e. The van der Waals surface area contributed by atoms with Gasteiger partial charge in [-0.15, -0.1) is 0 Å². The van der Waals surface area contributed by atoms with Crippen LogP contribution < -0.4 is 0 Å². The Morgan fingerprint density at radius 3 is 2.85 bits per heavy atom. The van der Waals surface area contributed by atoms with Crippen LogP contribution in [0.3, 0.4) is 0 Å². The third kappa shape index (κ3) is 2.70. The van der Waals surface area contributed by atoms with Crippen LogP contribution in [0.25, 0.3) is 0 Å². The number of esters is 1. The van der Waals surface area contributed by atoms with Gasteiger partial charge in [0.1, 0.15) is 5.69 Å². The van der Waals surface area contributed by atoms with Crippen LogP contribution in [0, 0.1) is 6.92 Å². The number of pyridine rings is 1. The summed E-state index contributed by atoms with van der Waals surface area (Å²) in [5, 5.41) is 0.496. The average molecular weight is 200 g/mol. The van der Waals surface area contributed by atoms with Gasteiger partial charge in [0.2, 0.25) is 0 Å². The van der Waals surface area contributed by atoms with Crippen molar-refractivity contribution in [1.29, 1.82) is 0 Å². The number of aryl methyl sites for hydroxylation is 1. The molecule has 0 aliphatic heterocycles. The highest BCUT2D eigenvalue weighted by molar-refractivity contribution is 6.30. The number of aromatic nitrogens is 1. The Balaban J connectivity index is 2.94. The summed E-state index contributed by atoms with van der Waals surface area (Å²) in [6, 6.07) is 3.18. The van der Waals surface area contributed by atoms with Gasteiger partial charge in [-0.25, -0.2) is 9.78 Å². The number of carbonyl (C=O) groups is 1. The monoisotopic (exact) mass is 199 g/mol. The summed E-state index contributed by atoms with van der Waals surface area (Å²) < 4.78 is 4.78. The molecule has 0 unspecified atom stereocenters. The Hall–Kier alpha value is -1.09. The standard InChI is InChI=1S/C9H10ClNO2/c1-3-13-9(12)8-5-7(10)4-6(2)11-8/h4-5H,3H2,1-2H3. The van der Waals surface area contributed by atoms with E-state index in [1.807, 2.05) is 0 Å². The molecule has 4 heteroatoms. The molecule has 70 valence electrons. The van der Waals surface area contributed by atoms with Gasteiger partial charge in [0, 0.05) is 10.7 Å². The van der Waals surface area contributed by atoms with Gasteiger partial charge in [-0.1, -0.05) is 11.6 Å². The molecule has 0 spiro atoms. The van der Waals surface area contributed by atoms with Crippen molar-refractivity contribution >= 4 is 17.6 Å². The number of halogens is 1. The van der Waals surface area contributed by atoms with E-state index in [9.17, 15) is 4.79 Å². The predicted molar refractivity (Wildman–Crippen MR) is 49.9 cm³/mol. The van der Waals surface area contributed by atoms with Gasteiger partial charge in [-0.2, -0.15) is 0 Å². The number of carbonyl (C=O) groups excluding carboxylic acids is 1. The second-order valence-corrected chi connectivity index (χ2v) is 2.97. The van der Waals surface area contributed by atoms with E-state index in [-0.39, 0.29) is 5.69 Å². The van der Waals surface area contributed by atoms with E-state index in [0.29, 0.717) is 17.3 Å². The number of nitrogens with zero attached hydrogens (tertiary/aromatic N) is 1. The minimum atomic E-state index is -0.437. The lowest BCUT2D eigenvalue weighted by molar-refractivity contribution is 0.0519. The van der Waals surface area contributed by atoms with E-state index < -0.39 is 5.97 Å². The molecule has 3 nitrogen and oxygen atoms in total. The fourth-order valence-electron chi connectivity index (χ4n) is 0.936. The van der Waals surface area contributed by atoms with E-state index in [1.54, 1.807) is 19.9 Å². The van der Waals surface area contributed by atoms with Crippen molar-refractivity contribution in [2.45, 2.75) is 13.8 Å². The maximum atomic E-state index is 11.2. The first-order valence-corrected chi connectivity index (χ1v) is 4.32. The molecule has 0 atom stereocenters. The SMILES string of the molecule is CCOC(=O)c1cc(Cl)cc(C)n1. The first-order chi connectivity index (χ1) is 6.13. The van der Waals surface area contributed by atoms with Crippen molar-refractivity contribution in [2.24, 2.45) is 0 Å². The average Bonchev–Trinajstić information content (AvgIpc) is 2.03. The van der Waals surface area contributed by atoms with Crippen molar-refractivity contribution in [1.82, 2.24) is 4.98 Å². The predicted octanol–water partition coefficient (Wildman–Crippen LogP) is 2.22. The van der Waals surface area contributed by atoms with Crippen LogP contribution in [0.4, 0.5) is 0 Å². The molecule has 1 rings (SSSR count). The minimum Gasteiger partial charge on any atom is -0.461 e. The van der Waals surface area contributed by atoms with Gasteiger partial charge in [-0.3, -0.25) is 0 Å². The lowest BCUT2D eigenvalue weighted by Gasteiger charge is -2.02. The van der Waals surface area contributed by atoms with Crippen LogP contribution >= 0.6 is 11.6 Å². The summed E-state index contributed by atoms with van der Waals surface area (Å²) in [4.78, 5) is 15.2. The zero-order valence-corrected chi connectivity index (χ0v) is 8.26. The van der Waals surface area contributed by atoms with E-state index in [1.165, 1.54) is 6.07 Å². The molecule has 1 aromatic rings. The van der Waals surface area contributed by atoms with E-state index >= 15 is 0 Å². The number of hydrogen-bond acceptors (Lipinski definition) is 3. The highest BCUT2D eigenvalue weighted by atomic mass is 35.5. The molecule has 0 aromatic carbocycles. The van der Waals surface area contributed by atoms with Crippen LogP contribution in [0.15, 0.2) is 12.1 Å². The smallest absolute Gasteiger partial charge is 0.356 e. The third-order valence-corrected chi connectivity index (χ3v) is 1.62. The Bertz CT molecular complexity index is 305. The molecule has 0 fully saturated rings. The van der Waals surface area contributed by atoms with Crippen LogP contribution in [-0.4, -0.2) is 17.6 Å². The molecule has 0 amide bonds. The second-order valence-electron chi connectivity index (χ2n) is 2.53. The quantitative estimate of drug-likeness (QED) is 0.686. The van der Waals surface area contributed by atoms with Gasteiger partial charge in [0.05, 0.1) is 6.61 Å². The van der Waals surface area contributed by atoms with Gasteiger partial charge in [0.15, 0.2) is 0 Å². The highest BCUT2D eigenvalue weighted by Crippen LogP contribution is 2.11. The summed E-state index contributed by atoms with van der Waals surface area (Å²) in [7, 11) is 0. The summed E-state index contributed by atoms with van der Waals surface area (Å²) >= 11 is 5.75. The summed E-state index contributed by atoms with van der Waals surface area (Å²) in [6.07, 6.45) is 0. The Morgan fingerprint density at radius 2 is 2.31 bits per heavy atom. The van der Waals surface area contributed by atoms with Crippen molar-refractivity contribution in [2.75, 3.05) is 6.61 Å². The minimum absolute atomic E-state index is 0.256. The number of hydrogen-bond donors (Lipinski definition) is 0. The third-order valence-electron chi connectivity index (χ3n) is 1.40. The molecule has 0 bridgehead atoms. The van der Waals surface area contributed by atoms with E-state index in [0.717, 1.165) is 0 Å². The Labute approximate surface area is 81.7 Å². The zero-order chi connectivity index (χ0) is 9.84. The lowest BCUT2D eigenvalue weighted by Crippen LogP contribution is -2.07. The number of rotatable bonds is 2. The maximum Gasteiger partial charge on any atom is 0.356 e. The zero-order valence-electron chi connectivity index (χ0n) is 7.50. The van der Waals surface area contributed by atoms with Gasteiger partial charge in [0.25, 0.3) is 0 Å². The molecule has 0 aliphatic rings. The topological polar surface area (TPSA) is 39.2 Å². The van der Waals surface area contributed by atoms with Crippen molar-refractivity contribution in [3.63, 3.8) is 0 Å². The number of ether oxygens (including phenoxy) is 1. The fourth-order valence-corrected chi connectivity index (χ4v) is 1.20. The molecular weight excluding hydrogens is 190 g/mol. The van der Waals surface area contributed by atoms with E-state index in [2.05, 4.69) is 4.98 Å². The second kappa shape index (κ2) is 4.23. The van der Waals surface area contributed by atoms with Crippen LogP contribution in [0.2, 0.25) is 5.02 Å². The Morgan fingerprint density at radius 1 is 1.62 bits per heavy atom. The van der Waals surface area contributed by atoms with Gasteiger partial charge in [-0.05, 0) is 26.0 Å². The van der Waals surface area contributed by atoms with Gasteiger partial charge >= 0.3 is 5.97 Å². The van der Waals surface area contributed by atoms with Crippen LogP contribution in [-0.2, 0) is 4.74 Å². The van der Waals surface area contributed by atoms with Crippen LogP contribution in [0.5, 0.6) is 0 Å². The van der Waals surface area contributed by atoms with Gasteiger partial charge < -0.3 is 4.74 Å². The Kier molecular flexibility index (Phi) is 3.25. The summed E-state index contributed by atoms with van der Waals surface area (Å²) in [5.41, 5.74) is 0.961. The van der Waals surface area contributed by atoms with Crippen LogP contribution in [0.1, 0.15) is 23.1 Å². The first-order valence-electron chi connectivity index (χ1n) is 3.94. The first kappa shape index (κ1) is 9.99. The van der Waals surface area contributed by atoms with Crippen molar-refractivity contribution < 1.29 is 9.53 Å². The molecule has 0 saturated carbocycles. The fraction of sp³-hybridized carbons (Fsp3) is 0.333. The van der Waals surface area contributed by atoms with Crippen molar-refractivity contribution in [3.8, 4) is 0 Å². The molecule has 1 aromatic heterocycles. The normalized spacial score (nSPS) is 9.77. The molecule has 0 saturated heterocycles. The molecule has 13 heavy (non-hydrogen) atoms. The summed E-state index contributed by atoms with van der Waals surface area (Å²) in [5.74, 6) is -0.437.